The van der Waals surface area contributed by atoms with E-state index in [4.69, 9.17) is 4.74 Å². The number of methoxy groups -OCH3 is 1. The fourth-order valence-corrected chi connectivity index (χ4v) is 2.94. The molecule has 0 saturated carbocycles. The first kappa shape index (κ1) is 17.3. The molecule has 124 valence electrons. The number of benzene rings is 1. The van der Waals surface area contributed by atoms with Crippen molar-refractivity contribution in [2.24, 2.45) is 0 Å². The maximum atomic E-state index is 11.9. The number of rotatable bonds is 6. The maximum absolute atomic E-state index is 11.9. The van der Waals surface area contributed by atoms with Gasteiger partial charge in [0, 0.05) is 12.1 Å². The van der Waals surface area contributed by atoms with Crippen LogP contribution in [0.4, 0.5) is 4.79 Å². The minimum absolute atomic E-state index is 0.139. The second kappa shape index (κ2) is 7.48. The van der Waals surface area contributed by atoms with Crippen LogP contribution in [0.1, 0.15) is 23.6 Å². The summed E-state index contributed by atoms with van der Waals surface area (Å²) in [5.74, 6) is 0.746. The number of aliphatic hydroxyl groups is 1. The molecule has 1 atom stereocenters. The summed E-state index contributed by atoms with van der Waals surface area (Å²) in [6.07, 6.45) is 0. The lowest BCUT2D eigenvalue weighted by Crippen LogP contribution is -2.43. The highest BCUT2D eigenvalue weighted by molar-refractivity contribution is 7.08. The lowest BCUT2D eigenvalue weighted by molar-refractivity contribution is 0.0598. The van der Waals surface area contributed by atoms with Gasteiger partial charge in [0.05, 0.1) is 13.7 Å². The van der Waals surface area contributed by atoms with Crippen molar-refractivity contribution in [2.45, 2.75) is 26.0 Å². The number of amides is 2. The summed E-state index contributed by atoms with van der Waals surface area (Å²) in [5.41, 5.74) is 1.71. The Morgan fingerprint density at radius 2 is 2.13 bits per heavy atom. The van der Waals surface area contributed by atoms with Crippen molar-refractivity contribution in [1.82, 2.24) is 10.6 Å². The highest BCUT2D eigenvalue weighted by Crippen LogP contribution is 2.22. The maximum Gasteiger partial charge on any atom is 0.315 e. The van der Waals surface area contributed by atoms with Gasteiger partial charge in [-0.3, -0.25) is 0 Å². The Morgan fingerprint density at radius 3 is 2.78 bits per heavy atom. The summed E-state index contributed by atoms with van der Waals surface area (Å²) < 4.78 is 5.31. The van der Waals surface area contributed by atoms with Crippen LogP contribution in [-0.4, -0.2) is 24.8 Å². The van der Waals surface area contributed by atoms with Crippen molar-refractivity contribution in [1.29, 1.82) is 0 Å². The van der Waals surface area contributed by atoms with Crippen LogP contribution in [0.25, 0.3) is 0 Å². The summed E-state index contributed by atoms with van der Waals surface area (Å²) in [4.78, 5) is 11.9. The second-order valence-corrected chi connectivity index (χ2v) is 6.42. The van der Waals surface area contributed by atoms with E-state index in [1.807, 2.05) is 41.9 Å². The van der Waals surface area contributed by atoms with Crippen LogP contribution < -0.4 is 15.4 Å². The molecule has 1 aromatic carbocycles. The topological polar surface area (TPSA) is 70.6 Å². The van der Waals surface area contributed by atoms with Gasteiger partial charge in [-0.1, -0.05) is 12.1 Å². The van der Waals surface area contributed by atoms with Crippen molar-refractivity contribution >= 4 is 17.4 Å². The molecule has 0 spiro atoms. The predicted molar refractivity (Wildman–Crippen MR) is 91.9 cm³/mol. The number of carbonyl (C=O) groups is 1. The third-order valence-corrected chi connectivity index (χ3v) is 4.30. The summed E-state index contributed by atoms with van der Waals surface area (Å²) >= 11 is 1.51. The Balaban J connectivity index is 1.86. The molecule has 0 radical (unpaired) electrons. The van der Waals surface area contributed by atoms with E-state index < -0.39 is 5.60 Å². The van der Waals surface area contributed by atoms with Crippen molar-refractivity contribution in [2.75, 3.05) is 13.7 Å². The third-order valence-electron chi connectivity index (χ3n) is 3.62. The number of hydrogen-bond acceptors (Lipinski definition) is 4. The largest absolute Gasteiger partial charge is 0.496 e. The zero-order valence-corrected chi connectivity index (χ0v) is 14.4. The molecule has 3 N–H and O–H groups in total. The van der Waals surface area contributed by atoms with E-state index in [1.165, 1.54) is 11.3 Å². The number of hydrogen-bond donors (Lipinski definition) is 3. The molecule has 0 aliphatic rings. The number of nitrogens with one attached hydrogen (secondary N) is 2. The van der Waals surface area contributed by atoms with Gasteiger partial charge in [-0.15, -0.1) is 0 Å². The predicted octanol–water partition coefficient (Wildman–Crippen LogP) is 2.77. The van der Waals surface area contributed by atoms with Gasteiger partial charge in [0.15, 0.2) is 0 Å². The van der Waals surface area contributed by atoms with Crippen LogP contribution in [0.2, 0.25) is 0 Å². The molecule has 2 rings (SSSR count). The smallest absolute Gasteiger partial charge is 0.315 e. The van der Waals surface area contributed by atoms with Gasteiger partial charge in [0.2, 0.25) is 0 Å². The van der Waals surface area contributed by atoms with E-state index in [9.17, 15) is 9.90 Å². The fourth-order valence-electron chi connectivity index (χ4n) is 2.16. The normalized spacial score (nSPS) is 13.2. The first-order chi connectivity index (χ1) is 10.9. The van der Waals surface area contributed by atoms with Crippen LogP contribution in [0, 0.1) is 6.92 Å². The fraction of sp³-hybridized carbons (Fsp3) is 0.353. The number of aryl methyl sites for hydroxylation is 1. The summed E-state index contributed by atoms with van der Waals surface area (Å²) in [7, 11) is 1.61. The minimum atomic E-state index is -1.08. The molecule has 2 aromatic rings. The minimum Gasteiger partial charge on any atom is -0.496 e. The summed E-state index contributed by atoms with van der Waals surface area (Å²) in [6.45, 7) is 4.16. The van der Waals surface area contributed by atoms with Crippen LogP contribution >= 0.6 is 11.3 Å². The van der Waals surface area contributed by atoms with Gasteiger partial charge < -0.3 is 20.5 Å². The van der Waals surface area contributed by atoms with E-state index in [-0.39, 0.29) is 12.6 Å². The van der Waals surface area contributed by atoms with Crippen molar-refractivity contribution in [3.05, 3.63) is 51.7 Å². The van der Waals surface area contributed by atoms with E-state index >= 15 is 0 Å². The summed E-state index contributed by atoms with van der Waals surface area (Å²) in [6, 6.07) is 7.34. The average molecular weight is 334 g/mol. The van der Waals surface area contributed by atoms with Gasteiger partial charge in [0.1, 0.15) is 11.4 Å². The molecular weight excluding hydrogens is 312 g/mol. The molecular formula is C17H22N2O3S. The van der Waals surface area contributed by atoms with Crippen molar-refractivity contribution < 1.29 is 14.6 Å². The molecule has 5 nitrogen and oxygen atoms in total. The van der Waals surface area contributed by atoms with Crippen molar-refractivity contribution in [3.63, 3.8) is 0 Å². The van der Waals surface area contributed by atoms with E-state index in [2.05, 4.69) is 10.6 Å². The Labute approximate surface area is 140 Å². The van der Waals surface area contributed by atoms with Crippen LogP contribution in [0.15, 0.2) is 35.0 Å². The zero-order chi connectivity index (χ0) is 16.9. The first-order valence-corrected chi connectivity index (χ1v) is 8.27. The molecule has 2 amide bonds. The van der Waals surface area contributed by atoms with Gasteiger partial charge in [0.25, 0.3) is 0 Å². The molecule has 1 heterocycles. The molecule has 0 aliphatic heterocycles. The third kappa shape index (κ3) is 4.71. The van der Waals surface area contributed by atoms with E-state index in [0.29, 0.717) is 6.54 Å². The highest BCUT2D eigenvalue weighted by atomic mass is 32.1. The van der Waals surface area contributed by atoms with Crippen LogP contribution in [0.5, 0.6) is 5.75 Å². The van der Waals surface area contributed by atoms with Gasteiger partial charge in [-0.2, -0.15) is 11.3 Å². The van der Waals surface area contributed by atoms with Crippen LogP contribution in [0.3, 0.4) is 0 Å². The van der Waals surface area contributed by atoms with Gasteiger partial charge in [-0.05, 0) is 47.9 Å². The highest BCUT2D eigenvalue weighted by Gasteiger charge is 2.24. The van der Waals surface area contributed by atoms with Gasteiger partial charge >= 0.3 is 6.03 Å². The molecule has 0 aliphatic carbocycles. The number of carbonyl (C=O) groups excluding carboxylic acids is 1. The molecule has 1 aromatic heterocycles. The number of ether oxygens (including phenoxy) is 1. The molecule has 0 bridgehead atoms. The average Bonchev–Trinajstić information content (AvgIpc) is 3.07. The summed E-state index contributed by atoms with van der Waals surface area (Å²) in [5, 5.41) is 19.6. The Morgan fingerprint density at radius 1 is 1.35 bits per heavy atom. The van der Waals surface area contributed by atoms with E-state index in [1.54, 1.807) is 14.0 Å². The lowest BCUT2D eigenvalue weighted by atomic mass is 9.99. The number of thiophene rings is 1. The zero-order valence-electron chi connectivity index (χ0n) is 13.6. The molecule has 6 heteroatoms. The van der Waals surface area contributed by atoms with Crippen molar-refractivity contribution in [3.8, 4) is 5.75 Å². The molecule has 23 heavy (non-hydrogen) atoms. The Bertz CT molecular complexity index is 654. The monoisotopic (exact) mass is 334 g/mol. The van der Waals surface area contributed by atoms with Gasteiger partial charge in [-0.25, -0.2) is 4.79 Å². The van der Waals surface area contributed by atoms with E-state index in [0.717, 1.165) is 22.4 Å². The Hall–Kier alpha value is -2.05. The molecule has 1 unspecified atom stereocenters. The Kier molecular flexibility index (Phi) is 5.63. The quantitative estimate of drug-likeness (QED) is 0.761. The first-order valence-electron chi connectivity index (χ1n) is 7.32. The lowest BCUT2D eigenvalue weighted by Gasteiger charge is -2.23. The second-order valence-electron chi connectivity index (χ2n) is 5.64. The molecule has 0 saturated heterocycles. The number of urea groups is 1. The SMILES string of the molecule is COc1cc(C)ccc1CNC(=O)NCC(C)(O)c1ccsc1. The van der Waals surface area contributed by atoms with Crippen LogP contribution in [-0.2, 0) is 12.1 Å². The molecule has 0 fully saturated rings. The standard InChI is InChI=1S/C17H22N2O3S/c1-12-4-5-13(15(8-12)22-3)9-18-16(20)19-11-17(2,21)14-6-7-23-10-14/h4-8,10,21H,9,11H2,1-3H3,(H2,18,19,20).